The Bertz CT molecular complexity index is 335. The topological polar surface area (TPSA) is 15.3 Å². The summed E-state index contributed by atoms with van der Waals surface area (Å²) in [6.45, 7) is 12.0. The maximum atomic E-state index is 3.56. The van der Waals surface area contributed by atoms with Crippen molar-refractivity contribution in [3.63, 3.8) is 0 Å². The fraction of sp³-hybridized carbons (Fsp3) is 0.571. The van der Waals surface area contributed by atoms with Crippen LogP contribution >= 0.6 is 15.9 Å². The van der Waals surface area contributed by atoms with Gasteiger partial charge in [-0.15, -0.1) is 0 Å². The predicted octanol–water partition coefficient (Wildman–Crippen LogP) is 3.19. The van der Waals surface area contributed by atoms with E-state index in [0.29, 0.717) is 0 Å². The molecule has 0 unspecified atom stereocenters. The zero-order valence-electron chi connectivity index (χ0n) is 11.1. The Hall–Kier alpha value is -0.380. The Morgan fingerprint density at radius 3 is 2.59 bits per heavy atom. The smallest absolute Gasteiger partial charge is 0.0209 e. The second kappa shape index (κ2) is 7.85. The van der Waals surface area contributed by atoms with Crippen LogP contribution in [-0.2, 0) is 6.54 Å². The number of rotatable bonds is 7. The van der Waals surface area contributed by atoms with E-state index >= 15 is 0 Å². The lowest BCUT2D eigenvalue weighted by Gasteiger charge is -2.18. The molecule has 0 fully saturated rings. The summed E-state index contributed by atoms with van der Waals surface area (Å²) in [5, 5.41) is 3.51. The van der Waals surface area contributed by atoms with E-state index < -0.39 is 0 Å². The Morgan fingerprint density at radius 1 is 1.24 bits per heavy atom. The highest BCUT2D eigenvalue weighted by molar-refractivity contribution is 9.10. The Balaban J connectivity index is 2.33. The Labute approximate surface area is 114 Å². The third kappa shape index (κ3) is 4.78. The molecule has 0 amide bonds. The van der Waals surface area contributed by atoms with E-state index in [1.807, 2.05) is 0 Å². The number of nitrogens with one attached hydrogen (secondary N) is 1. The molecule has 0 aliphatic rings. The van der Waals surface area contributed by atoms with Crippen molar-refractivity contribution in [3.8, 4) is 0 Å². The standard InChI is InChI=1S/C14H23BrN2/c1-4-17(5-2)10-9-16-11-13-7-6-8-14(15)12(13)3/h6-8,16H,4-5,9-11H2,1-3H3. The van der Waals surface area contributed by atoms with E-state index in [4.69, 9.17) is 0 Å². The summed E-state index contributed by atoms with van der Waals surface area (Å²) in [7, 11) is 0. The summed E-state index contributed by atoms with van der Waals surface area (Å²) >= 11 is 3.56. The van der Waals surface area contributed by atoms with Crippen molar-refractivity contribution in [2.24, 2.45) is 0 Å². The number of nitrogens with zero attached hydrogens (tertiary/aromatic N) is 1. The maximum absolute atomic E-state index is 3.56. The van der Waals surface area contributed by atoms with Crippen molar-refractivity contribution in [1.29, 1.82) is 0 Å². The molecule has 0 heterocycles. The molecular weight excluding hydrogens is 276 g/mol. The van der Waals surface area contributed by atoms with Crippen molar-refractivity contribution in [1.82, 2.24) is 10.2 Å². The van der Waals surface area contributed by atoms with Gasteiger partial charge in [-0.2, -0.15) is 0 Å². The van der Waals surface area contributed by atoms with Crippen LogP contribution in [0.4, 0.5) is 0 Å². The Kier molecular flexibility index (Phi) is 6.78. The molecule has 0 saturated carbocycles. The van der Waals surface area contributed by atoms with Crippen molar-refractivity contribution in [3.05, 3.63) is 33.8 Å². The van der Waals surface area contributed by atoms with Crippen LogP contribution in [0.1, 0.15) is 25.0 Å². The lowest BCUT2D eigenvalue weighted by molar-refractivity contribution is 0.302. The molecule has 2 nitrogen and oxygen atoms in total. The molecule has 17 heavy (non-hydrogen) atoms. The van der Waals surface area contributed by atoms with Crippen LogP contribution in [0.2, 0.25) is 0 Å². The molecule has 3 heteroatoms. The van der Waals surface area contributed by atoms with Crippen molar-refractivity contribution < 1.29 is 0 Å². The minimum Gasteiger partial charge on any atom is -0.311 e. The number of halogens is 1. The van der Waals surface area contributed by atoms with E-state index in [-0.39, 0.29) is 0 Å². The first-order valence-corrected chi connectivity index (χ1v) is 7.15. The lowest BCUT2D eigenvalue weighted by Crippen LogP contribution is -2.31. The van der Waals surface area contributed by atoms with Gasteiger partial charge in [0.1, 0.15) is 0 Å². The largest absolute Gasteiger partial charge is 0.311 e. The first-order chi connectivity index (χ1) is 8.19. The van der Waals surface area contributed by atoms with Crippen LogP contribution in [0.25, 0.3) is 0 Å². The summed E-state index contributed by atoms with van der Waals surface area (Å²) in [6, 6.07) is 6.37. The third-order valence-electron chi connectivity index (χ3n) is 3.19. The summed E-state index contributed by atoms with van der Waals surface area (Å²) in [5.74, 6) is 0. The van der Waals surface area contributed by atoms with Crippen LogP contribution in [0.5, 0.6) is 0 Å². The van der Waals surface area contributed by atoms with E-state index in [1.165, 1.54) is 15.6 Å². The van der Waals surface area contributed by atoms with Crippen LogP contribution in [-0.4, -0.2) is 31.1 Å². The number of hydrogen-bond acceptors (Lipinski definition) is 2. The molecule has 0 spiro atoms. The second-order valence-corrected chi connectivity index (χ2v) is 5.08. The average Bonchev–Trinajstić information content (AvgIpc) is 2.34. The van der Waals surface area contributed by atoms with Crippen molar-refractivity contribution in [2.75, 3.05) is 26.2 Å². The van der Waals surface area contributed by atoms with Crippen LogP contribution in [0, 0.1) is 6.92 Å². The monoisotopic (exact) mass is 298 g/mol. The molecule has 0 saturated heterocycles. The van der Waals surface area contributed by atoms with Crippen molar-refractivity contribution in [2.45, 2.75) is 27.3 Å². The van der Waals surface area contributed by atoms with Crippen LogP contribution < -0.4 is 5.32 Å². The fourth-order valence-corrected chi connectivity index (χ4v) is 2.25. The van der Waals surface area contributed by atoms with Gasteiger partial charge >= 0.3 is 0 Å². The normalized spacial score (nSPS) is 11.1. The molecule has 0 bridgehead atoms. The highest BCUT2D eigenvalue weighted by Gasteiger charge is 2.02. The number of hydrogen-bond donors (Lipinski definition) is 1. The summed E-state index contributed by atoms with van der Waals surface area (Å²) in [6.07, 6.45) is 0. The SMILES string of the molecule is CCN(CC)CCNCc1cccc(Br)c1C. The molecule has 0 atom stereocenters. The van der Waals surface area contributed by atoms with Gasteiger partial charge in [0.25, 0.3) is 0 Å². The highest BCUT2D eigenvalue weighted by Crippen LogP contribution is 2.18. The van der Waals surface area contributed by atoms with Gasteiger partial charge in [-0.05, 0) is 37.2 Å². The van der Waals surface area contributed by atoms with Gasteiger partial charge in [0.2, 0.25) is 0 Å². The molecule has 0 aliphatic heterocycles. The van der Waals surface area contributed by atoms with E-state index in [9.17, 15) is 0 Å². The van der Waals surface area contributed by atoms with Gasteiger partial charge in [-0.25, -0.2) is 0 Å². The van der Waals surface area contributed by atoms with Gasteiger partial charge in [-0.3, -0.25) is 0 Å². The van der Waals surface area contributed by atoms with Gasteiger partial charge in [0.05, 0.1) is 0 Å². The van der Waals surface area contributed by atoms with Gasteiger partial charge in [-0.1, -0.05) is 41.9 Å². The average molecular weight is 299 g/mol. The maximum Gasteiger partial charge on any atom is 0.0209 e. The minimum absolute atomic E-state index is 0.951. The van der Waals surface area contributed by atoms with Gasteiger partial charge in [0, 0.05) is 24.1 Å². The van der Waals surface area contributed by atoms with Crippen molar-refractivity contribution >= 4 is 15.9 Å². The molecule has 1 aromatic carbocycles. The van der Waals surface area contributed by atoms with E-state index in [1.54, 1.807) is 0 Å². The zero-order valence-corrected chi connectivity index (χ0v) is 12.7. The van der Waals surface area contributed by atoms with E-state index in [2.05, 4.69) is 65.1 Å². The van der Waals surface area contributed by atoms with Gasteiger partial charge < -0.3 is 10.2 Å². The number of benzene rings is 1. The molecule has 0 aliphatic carbocycles. The molecule has 1 aromatic rings. The summed E-state index contributed by atoms with van der Waals surface area (Å²) < 4.78 is 1.19. The van der Waals surface area contributed by atoms with E-state index in [0.717, 1.165) is 32.7 Å². The molecule has 0 aromatic heterocycles. The molecule has 96 valence electrons. The molecular formula is C14H23BrN2. The highest BCUT2D eigenvalue weighted by atomic mass is 79.9. The lowest BCUT2D eigenvalue weighted by atomic mass is 10.1. The first-order valence-electron chi connectivity index (χ1n) is 6.36. The summed E-state index contributed by atoms with van der Waals surface area (Å²) in [5.41, 5.74) is 2.71. The molecule has 1 N–H and O–H groups in total. The van der Waals surface area contributed by atoms with Crippen LogP contribution in [0.3, 0.4) is 0 Å². The van der Waals surface area contributed by atoms with Gasteiger partial charge in [0.15, 0.2) is 0 Å². The minimum atomic E-state index is 0.951. The fourth-order valence-electron chi connectivity index (χ4n) is 1.84. The zero-order chi connectivity index (χ0) is 12.7. The molecule has 0 radical (unpaired) electrons. The number of likely N-dealkylation sites (N-methyl/N-ethyl adjacent to an activating group) is 1. The summed E-state index contributed by atoms with van der Waals surface area (Å²) in [4.78, 5) is 2.43. The predicted molar refractivity (Wildman–Crippen MR) is 78.4 cm³/mol. The second-order valence-electron chi connectivity index (χ2n) is 4.23. The molecule has 1 rings (SSSR count). The first kappa shape index (κ1) is 14.7. The quantitative estimate of drug-likeness (QED) is 0.778. The Morgan fingerprint density at radius 2 is 1.94 bits per heavy atom. The third-order valence-corrected chi connectivity index (χ3v) is 4.05. The van der Waals surface area contributed by atoms with Crippen LogP contribution in [0.15, 0.2) is 22.7 Å².